The molecule has 0 aromatic carbocycles. The largest absolute Gasteiger partial charge is 0.310 e. The van der Waals surface area contributed by atoms with Crippen molar-refractivity contribution in [2.45, 2.75) is 24.0 Å². The summed E-state index contributed by atoms with van der Waals surface area (Å²) in [6, 6.07) is 0.994. The van der Waals surface area contributed by atoms with Crippen LogP contribution in [0.4, 0.5) is 10.7 Å². The second-order valence-electron chi connectivity index (χ2n) is 3.43. The molecule has 4 N–H and O–H groups in total. The first kappa shape index (κ1) is 14.8. The van der Waals surface area contributed by atoms with Crippen LogP contribution in [-0.4, -0.2) is 19.9 Å². The van der Waals surface area contributed by atoms with Crippen LogP contribution in [0.2, 0.25) is 0 Å². The van der Waals surface area contributed by atoms with Gasteiger partial charge in [0.15, 0.2) is 5.00 Å². The minimum Gasteiger partial charge on any atom is -0.310 e. The van der Waals surface area contributed by atoms with Crippen LogP contribution in [0.5, 0.6) is 0 Å². The average molecular weight is 294 g/mol. The van der Waals surface area contributed by atoms with Crippen LogP contribution in [0.1, 0.15) is 19.8 Å². The van der Waals surface area contributed by atoms with Gasteiger partial charge in [0, 0.05) is 12.6 Å². The highest BCUT2D eigenvalue weighted by Crippen LogP contribution is 2.36. The van der Waals surface area contributed by atoms with Crippen molar-refractivity contribution in [1.29, 1.82) is 0 Å². The Morgan fingerprint density at radius 2 is 2.22 bits per heavy atom. The first-order valence-corrected chi connectivity index (χ1v) is 7.46. The second kappa shape index (κ2) is 6.09. The molecular weight excluding hydrogens is 280 g/mol. The molecule has 8 nitrogen and oxygen atoms in total. The molecule has 10 heteroatoms. The summed E-state index contributed by atoms with van der Waals surface area (Å²) in [6.07, 6.45) is 1.55. The van der Waals surface area contributed by atoms with Crippen molar-refractivity contribution in [2.75, 3.05) is 12.0 Å². The lowest BCUT2D eigenvalue weighted by atomic mass is 10.3. The summed E-state index contributed by atoms with van der Waals surface area (Å²) in [5, 5.41) is 10.7. The minimum absolute atomic E-state index is 0.0101. The fourth-order valence-electron chi connectivity index (χ4n) is 1.19. The maximum Gasteiger partial charge on any atom is 0.306 e. The van der Waals surface area contributed by atoms with Crippen molar-refractivity contribution in [3.63, 3.8) is 0 Å². The fraction of sp³-hybridized carbons (Fsp3) is 0.500. The molecule has 1 aromatic rings. The number of nitrogens with zero attached hydrogens (tertiary/aromatic N) is 1. The number of anilines is 1. The van der Waals surface area contributed by atoms with Crippen molar-refractivity contribution < 1.29 is 13.3 Å². The van der Waals surface area contributed by atoms with Gasteiger partial charge in [0.1, 0.15) is 4.21 Å². The molecule has 0 amide bonds. The maximum atomic E-state index is 11.8. The van der Waals surface area contributed by atoms with Crippen LogP contribution in [0, 0.1) is 10.1 Å². The van der Waals surface area contributed by atoms with E-state index in [0.29, 0.717) is 13.0 Å². The van der Waals surface area contributed by atoms with Crippen molar-refractivity contribution >= 4 is 32.0 Å². The Morgan fingerprint density at radius 1 is 1.56 bits per heavy atom. The third-order valence-electron chi connectivity index (χ3n) is 2.10. The van der Waals surface area contributed by atoms with Gasteiger partial charge in [0.2, 0.25) is 10.0 Å². The summed E-state index contributed by atoms with van der Waals surface area (Å²) in [5.74, 6) is 5.11. The maximum absolute atomic E-state index is 11.8. The van der Waals surface area contributed by atoms with Crippen LogP contribution in [0.3, 0.4) is 0 Å². The number of unbranched alkanes of at least 4 members (excludes halogenated alkanes) is 1. The molecule has 0 bridgehead atoms. The lowest BCUT2D eigenvalue weighted by Crippen LogP contribution is -2.23. The van der Waals surface area contributed by atoms with Crippen LogP contribution < -0.4 is 16.0 Å². The number of nitrogen functional groups attached to an aromatic ring is 1. The summed E-state index contributed by atoms with van der Waals surface area (Å²) >= 11 is 0.725. The number of thiophene rings is 1. The predicted molar refractivity (Wildman–Crippen MR) is 68.9 cm³/mol. The third-order valence-corrected chi connectivity index (χ3v) is 5.10. The molecule has 1 heterocycles. The van der Waals surface area contributed by atoms with E-state index in [4.69, 9.17) is 5.84 Å². The molecule has 0 aliphatic heterocycles. The number of hydrogen-bond acceptors (Lipinski definition) is 7. The zero-order valence-corrected chi connectivity index (χ0v) is 11.3. The normalized spacial score (nSPS) is 11.4. The summed E-state index contributed by atoms with van der Waals surface area (Å²) in [6.45, 7) is 2.23. The summed E-state index contributed by atoms with van der Waals surface area (Å²) in [4.78, 5) is 10.00. The average Bonchev–Trinajstić information content (AvgIpc) is 2.74. The molecule has 0 spiro atoms. The van der Waals surface area contributed by atoms with Crippen LogP contribution in [0.15, 0.2) is 10.3 Å². The number of nitrogens with one attached hydrogen (secondary N) is 2. The first-order chi connectivity index (χ1) is 8.42. The molecule has 0 unspecified atom stereocenters. The Balaban J connectivity index is 2.99. The fourth-order valence-corrected chi connectivity index (χ4v) is 3.54. The van der Waals surface area contributed by atoms with E-state index in [0.717, 1.165) is 23.8 Å². The number of hydrazine groups is 1. The lowest BCUT2D eigenvalue weighted by molar-refractivity contribution is -0.383. The third kappa shape index (κ3) is 3.38. The number of rotatable bonds is 7. The van der Waals surface area contributed by atoms with Crippen LogP contribution >= 0.6 is 11.3 Å². The Morgan fingerprint density at radius 3 is 2.67 bits per heavy atom. The van der Waals surface area contributed by atoms with Gasteiger partial charge >= 0.3 is 5.69 Å². The molecule has 1 aromatic heterocycles. The van der Waals surface area contributed by atoms with Crippen molar-refractivity contribution in [3.05, 3.63) is 16.2 Å². The van der Waals surface area contributed by atoms with Crippen LogP contribution in [0.25, 0.3) is 0 Å². The van der Waals surface area contributed by atoms with Gasteiger partial charge in [-0.1, -0.05) is 24.7 Å². The van der Waals surface area contributed by atoms with E-state index < -0.39 is 14.9 Å². The van der Waals surface area contributed by atoms with Crippen molar-refractivity contribution in [3.8, 4) is 0 Å². The zero-order chi connectivity index (χ0) is 13.8. The molecule has 0 aliphatic rings. The SMILES string of the molecule is CCCCNS(=O)(=O)c1cc([N+](=O)[O-])c(NN)s1. The molecule has 0 saturated carbocycles. The molecule has 0 aliphatic carbocycles. The van der Waals surface area contributed by atoms with Gasteiger partial charge in [0.05, 0.1) is 4.92 Å². The van der Waals surface area contributed by atoms with Gasteiger partial charge in [-0.05, 0) is 6.42 Å². The molecule has 0 radical (unpaired) electrons. The van der Waals surface area contributed by atoms with E-state index in [-0.39, 0.29) is 14.9 Å². The molecule has 0 saturated heterocycles. The van der Waals surface area contributed by atoms with Gasteiger partial charge in [0.25, 0.3) is 0 Å². The second-order valence-corrected chi connectivity index (χ2v) is 6.48. The number of sulfonamides is 1. The number of nitrogens with two attached hydrogens (primary N) is 1. The van der Waals surface area contributed by atoms with E-state index in [1.165, 1.54) is 0 Å². The smallest absolute Gasteiger partial charge is 0.306 e. The highest BCUT2D eigenvalue weighted by molar-refractivity contribution is 7.91. The summed E-state index contributed by atoms with van der Waals surface area (Å²) in [7, 11) is -3.71. The number of hydrogen-bond donors (Lipinski definition) is 3. The monoisotopic (exact) mass is 294 g/mol. The van der Waals surface area contributed by atoms with E-state index in [1.54, 1.807) is 0 Å². The minimum atomic E-state index is -3.71. The van der Waals surface area contributed by atoms with Crippen molar-refractivity contribution in [1.82, 2.24) is 4.72 Å². The Bertz CT molecular complexity index is 525. The lowest BCUT2D eigenvalue weighted by Gasteiger charge is -2.02. The Labute approximate surface area is 108 Å². The standard InChI is InChI=1S/C8H14N4O4S2/c1-2-3-4-10-18(15,16)7-5-6(12(13)14)8(11-9)17-7/h5,10-11H,2-4,9H2,1H3. The Hall–Kier alpha value is -1.23. The van der Waals surface area contributed by atoms with Gasteiger partial charge in [-0.2, -0.15) is 0 Å². The topological polar surface area (TPSA) is 127 Å². The summed E-state index contributed by atoms with van der Waals surface area (Å²) < 4.78 is 25.9. The quantitative estimate of drug-likeness (QED) is 0.298. The van der Waals surface area contributed by atoms with E-state index in [9.17, 15) is 18.5 Å². The number of nitro groups is 1. The summed E-state index contributed by atoms with van der Waals surface area (Å²) in [5.41, 5.74) is 1.77. The molecule has 102 valence electrons. The predicted octanol–water partition coefficient (Wildman–Crippen LogP) is 1.02. The molecule has 1 rings (SSSR count). The van der Waals surface area contributed by atoms with Crippen LogP contribution in [-0.2, 0) is 10.0 Å². The van der Waals surface area contributed by atoms with Gasteiger partial charge in [-0.3, -0.25) is 10.1 Å². The van der Waals surface area contributed by atoms with Gasteiger partial charge in [-0.15, -0.1) is 0 Å². The molecule has 18 heavy (non-hydrogen) atoms. The highest BCUT2D eigenvalue weighted by Gasteiger charge is 2.25. The highest BCUT2D eigenvalue weighted by atomic mass is 32.2. The molecular formula is C8H14N4O4S2. The Kier molecular flexibility index (Phi) is 5.02. The van der Waals surface area contributed by atoms with Gasteiger partial charge in [-0.25, -0.2) is 19.0 Å². The van der Waals surface area contributed by atoms with Crippen molar-refractivity contribution in [2.24, 2.45) is 5.84 Å². The zero-order valence-electron chi connectivity index (χ0n) is 9.67. The van der Waals surface area contributed by atoms with Gasteiger partial charge < -0.3 is 5.43 Å². The molecule has 0 fully saturated rings. The first-order valence-electron chi connectivity index (χ1n) is 5.17. The van der Waals surface area contributed by atoms with E-state index in [2.05, 4.69) is 10.1 Å². The van der Waals surface area contributed by atoms with E-state index in [1.807, 2.05) is 6.92 Å². The molecule has 0 atom stereocenters. The van der Waals surface area contributed by atoms with E-state index >= 15 is 0 Å².